The molecular formula is C11H11ClN2O. The second-order valence-corrected chi connectivity index (χ2v) is 3.61. The van der Waals surface area contributed by atoms with Crippen LogP contribution in [0.3, 0.4) is 0 Å². The molecule has 2 N–H and O–H groups in total. The molecular weight excluding hydrogens is 212 g/mol. The third-order valence-corrected chi connectivity index (χ3v) is 2.37. The Balaban J connectivity index is 2.48. The fourth-order valence-electron chi connectivity index (χ4n) is 1.46. The maximum atomic E-state index is 8.75. The molecule has 0 fully saturated rings. The van der Waals surface area contributed by atoms with Crippen LogP contribution in [0.25, 0.3) is 10.9 Å². The molecule has 0 amide bonds. The monoisotopic (exact) mass is 222 g/mol. The van der Waals surface area contributed by atoms with Gasteiger partial charge in [-0.15, -0.1) is 0 Å². The first-order chi connectivity index (χ1) is 7.31. The van der Waals surface area contributed by atoms with Gasteiger partial charge in [-0.3, -0.25) is 4.98 Å². The molecule has 0 radical (unpaired) electrons. The Kier molecular flexibility index (Phi) is 3.04. The fraction of sp³-hybridized carbons (Fsp3) is 0.182. The Morgan fingerprint density at radius 1 is 1.33 bits per heavy atom. The Morgan fingerprint density at radius 3 is 3.00 bits per heavy atom. The van der Waals surface area contributed by atoms with Crippen molar-refractivity contribution in [2.24, 2.45) is 0 Å². The number of hydrogen-bond acceptors (Lipinski definition) is 3. The van der Waals surface area contributed by atoms with E-state index in [0.29, 0.717) is 11.6 Å². The van der Waals surface area contributed by atoms with Gasteiger partial charge in [0.15, 0.2) is 0 Å². The van der Waals surface area contributed by atoms with Crippen LogP contribution in [0.1, 0.15) is 0 Å². The van der Waals surface area contributed by atoms with Gasteiger partial charge in [0.1, 0.15) is 0 Å². The Labute approximate surface area is 92.7 Å². The summed E-state index contributed by atoms with van der Waals surface area (Å²) in [6, 6.07) is 7.42. The Hall–Kier alpha value is -1.32. The van der Waals surface area contributed by atoms with E-state index in [2.05, 4.69) is 10.3 Å². The maximum absolute atomic E-state index is 8.75. The van der Waals surface area contributed by atoms with Crippen LogP contribution in [0.4, 0.5) is 5.69 Å². The molecule has 15 heavy (non-hydrogen) atoms. The molecule has 1 heterocycles. The number of aliphatic hydroxyl groups is 1. The second-order valence-electron chi connectivity index (χ2n) is 3.17. The molecule has 2 rings (SSSR count). The van der Waals surface area contributed by atoms with E-state index in [1.807, 2.05) is 24.3 Å². The van der Waals surface area contributed by atoms with Crippen molar-refractivity contribution < 1.29 is 5.11 Å². The number of aromatic nitrogens is 1. The normalized spacial score (nSPS) is 10.5. The number of hydrogen-bond donors (Lipinski definition) is 2. The molecule has 0 spiro atoms. The number of fused-ring (bicyclic) bond motifs is 1. The molecule has 0 atom stereocenters. The molecule has 0 unspecified atom stereocenters. The molecule has 3 nitrogen and oxygen atoms in total. The lowest BCUT2D eigenvalue weighted by molar-refractivity contribution is 0.311. The van der Waals surface area contributed by atoms with Crippen molar-refractivity contribution in [2.75, 3.05) is 18.5 Å². The topological polar surface area (TPSA) is 45.1 Å². The van der Waals surface area contributed by atoms with Crippen LogP contribution in [-0.4, -0.2) is 23.2 Å². The minimum absolute atomic E-state index is 0.102. The molecule has 4 heteroatoms. The van der Waals surface area contributed by atoms with Crippen LogP contribution in [0.15, 0.2) is 30.5 Å². The highest BCUT2D eigenvalue weighted by molar-refractivity contribution is 6.31. The first-order valence-electron chi connectivity index (χ1n) is 4.70. The van der Waals surface area contributed by atoms with Crippen molar-refractivity contribution in [3.05, 3.63) is 35.5 Å². The first kappa shape index (κ1) is 10.2. The lowest BCUT2D eigenvalue weighted by Gasteiger charge is -2.07. The Bertz CT molecular complexity index is 473. The van der Waals surface area contributed by atoms with E-state index in [1.165, 1.54) is 0 Å². The predicted octanol–water partition coefficient (Wildman–Crippen LogP) is 2.29. The minimum Gasteiger partial charge on any atom is -0.395 e. The van der Waals surface area contributed by atoms with E-state index in [1.54, 1.807) is 6.20 Å². The number of anilines is 1. The van der Waals surface area contributed by atoms with Gasteiger partial charge in [0, 0.05) is 28.8 Å². The van der Waals surface area contributed by atoms with Gasteiger partial charge in [-0.25, -0.2) is 0 Å². The van der Waals surface area contributed by atoms with Gasteiger partial charge in [0.2, 0.25) is 0 Å². The van der Waals surface area contributed by atoms with Gasteiger partial charge < -0.3 is 10.4 Å². The summed E-state index contributed by atoms with van der Waals surface area (Å²) < 4.78 is 0. The molecule has 0 aliphatic carbocycles. The SMILES string of the molecule is OCCNc1ccnc2ccc(Cl)cc12. The van der Waals surface area contributed by atoms with Crippen molar-refractivity contribution in [1.29, 1.82) is 0 Å². The lowest BCUT2D eigenvalue weighted by atomic mass is 10.2. The predicted molar refractivity (Wildman–Crippen MR) is 62.3 cm³/mol. The summed E-state index contributed by atoms with van der Waals surface area (Å²) in [7, 11) is 0. The van der Waals surface area contributed by atoms with Gasteiger partial charge in [-0.1, -0.05) is 11.6 Å². The third kappa shape index (κ3) is 2.19. The van der Waals surface area contributed by atoms with Crippen LogP contribution in [0, 0.1) is 0 Å². The van der Waals surface area contributed by atoms with E-state index in [0.717, 1.165) is 16.6 Å². The van der Waals surface area contributed by atoms with Crippen LogP contribution < -0.4 is 5.32 Å². The lowest BCUT2D eigenvalue weighted by Crippen LogP contribution is -2.05. The fourth-order valence-corrected chi connectivity index (χ4v) is 1.64. The molecule has 0 saturated carbocycles. The number of nitrogens with zero attached hydrogens (tertiary/aromatic N) is 1. The van der Waals surface area contributed by atoms with Gasteiger partial charge in [0.05, 0.1) is 12.1 Å². The van der Waals surface area contributed by atoms with Crippen LogP contribution in [0.2, 0.25) is 5.02 Å². The quantitative estimate of drug-likeness (QED) is 0.838. The number of rotatable bonds is 3. The van der Waals surface area contributed by atoms with Gasteiger partial charge in [0.25, 0.3) is 0 Å². The summed E-state index contributed by atoms with van der Waals surface area (Å²) >= 11 is 5.92. The molecule has 0 aliphatic rings. The van der Waals surface area contributed by atoms with Crippen molar-refractivity contribution >= 4 is 28.2 Å². The molecule has 1 aromatic heterocycles. The van der Waals surface area contributed by atoms with Gasteiger partial charge in [-0.05, 0) is 24.3 Å². The largest absolute Gasteiger partial charge is 0.395 e. The molecule has 0 saturated heterocycles. The number of benzene rings is 1. The summed E-state index contributed by atoms with van der Waals surface area (Å²) in [4.78, 5) is 4.23. The van der Waals surface area contributed by atoms with Crippen molar-refractivity contribution in [1.82, 2.24) is 4.98 Å². The third-order valence-electron chi connectivity index (χ3n) is 2.13. The number of aliphatic hydroxyl groups excluding tert-OH is 1. The van der Waals surface area contributed by atoms with Crippen molar-refractivity contribution in [3.63, 3.8) is 0 Å². The Morgan fingerprint density at radius 2 is 2.20 bits per heavy atom. The van der Waals surface area contributed by atoms with Crippen LogP contribution in [-0.2, 0) is 0 Å². The summed E-state index contributed by atoms with van der Waals surface area (Å²) in [6.07, 6.45) is 1.73. The average Bonchev–Trinajstić information content (AvgIpc) is 2.26. The molecule has 2 aromatic rings. The van der Waals surface area contributed by atoms with Crippen LogP contribution in [0.5, 0.6) is 0 Å². The summed E-state index contributed by atoms with van der Waals surface area (Å²) in [6.45, 7) is 0.621. The summed E-state index contributed by atoms with van der Waals surface area (Å²) in [5.41, 5.74) is 1.83. The second kappa shape index (κ2) is 4.47. The van der Waals surface area contributed by atoms with Crippen molar-refractivity contribution in [2.45, 2.75) is 0 Å². The van der Waals surface area contributed by atoms with E-state index in [-0.39, 0.29) is 6.61 Å². The standard InChI is InChI=1S/C11H11ClN2O/c12-8-1-2-10-9(7-8)11(3-4-13-10)14-5-6-15/h1-4,7,15H,5-6H2,(H,13,14). The van der Waals surface area contributed by atoms with E-state index in [9.17, 15) is 0 Å². The highest BCUT2D eigenvalue weighted by Crippen LogP contribution is 2.24. The van der Waals surface area contributed by atoms with Crippen molar-refractivity contribution in [3.8, 4) is 0 Å². The zero-order valence-electron chi connectivity index (χ0n) is 8.07. The average molecular weight is 223 g/mol. The van der Waals surface area contributed by atoms with Gasteiger partial charge >= 0.3 is 0 Å². The summed E-state index contributed by atoms with van der Waals surface area (Å²) in [5.74, 6) is 0. The minimum atomic E-state index is 0.102. The van der Waals surface area contributed by atoms with E-state index < -0.39 is 0 Å². The molecule has 78 valence electrons. The molecule has 1 aromatic carbocycles. The highest BCUT2D eigenvalue weighted by atomic mass is 35.5. The smallest absolute Gasteiger partial charge is 0.0723 e. The molecule has 0 bridgehead atoms. The molecule has 0 aliphatic heterocycles. The number of pyridine rings is 1. The van der Waals surface area contributed by atoms with Gasteiger partial charge in [-0.2, -0.15) is 0 Å². The van der Waals surface area contributed by atoms with E-state index in [4.69, 9.17) is 16.7 Å². The summed E-state index contributed by atoms with van der Waals surface area (Å²) in [5, 5.41) is 13.5. The maximum Gasteiger partial charge on any atom is 0.0723 e. The zero-order valence-corrected chi connectivity index (χ0v) is 8.83. The van der Waals surface area contributed by atoms with Crippen LogP contribution >= 0.6 is 11.6 Å². The number of halogens is 1. The van der Waals surface area contributed by atoms with E-state index >= 15 is 0 Å². The highest BCUT2D eigenvalue weighted by Gasteiger charge is 2.01. The zero-order chi connectivity index (χ0) is 10.7. The number of nitrogens with one attached hydrogen (secondary N) is 1. The first-order valence-corrected chi connectivity index (χ1v) is 5.08.